The summed E-state index contributed by atoms with van der Waals surface area (Å²) in [5.74, 6) is -3.88. The molecule has 0 spiro atoms. The number of ether oxygens (including phenoxy) is 4. The van der Waals surface area contributed by atoms with Crippen molar-refractivity contribution in [3.8, 4) is 0 Å². The number of benzene rings is 4. The van der Waals surface area contributed by atoms with Crippen molar-refractivity contribution >= 4 is 87.9 Å². The number of hydrogen-bond donors (Lipinski definition) is 0. The normalized spacial score (nSPS) is 21.0. The Morgan fingerprint density at radius 2 is 1.08 bits per heavy atom. The molecule has 15 heteroatoms. The SMILES string of the molecule is CCS[C@@H]1O[C@H](COC(=O)c2ccccc2)[C@@H](OC(=O)c2ccccc2)[C@H](OC(=O)c2ccccc2)[C@H]1N1C(=O)c2c(Cl)c(Cl)c(Cl)c(Cl)c2C1=O. The van der Waals surface area contributed by atoms with Gasteiger partial charge in [0.05, 0.1) is 47.9 Å². The molecule has 6 rings (SSSR count). The maximum Gasteiger partial charge on any atom is 0.338 e. The van der Waals surface area contributed by atoms with Gasteiger partial charge in [-0.2, -0.15) is 0 Å². The zero-order chi connectivity index (χ0) is 37.1. The maximum absolute atomic E-state index is 14.3. The Morgan fingerprint density at radius 1 is 0.654 bits per heavy atom. The van der Waals surface area contributed by atoms with Crippen LogP contribution in [0.2, 0.25) is 20.1 Å². The van der Waals surface area contributed by atoms with Crippen molar-refractivity contribution in [2.24, 2.45) is 0 Å². The van der Waals surface area contributed by atoms with E-state index >= 15 is 0 Å². The second kappa shape index (κ2) is 16.3. The van der Waals surface area contributed by atoms with Crippen molar-refractivity contribution in [2.75, 3.05) is 12.4 Å². The third kappa shape index (κ3) is 7.39. The Morgan fingerprint density at radius 3 is 1.52 bits per heavy atom. The minimum Gasteiger partial charge on any atom is -0.459 e. The first-order chi connectivity index (χ1) is 25.0. The molecule has 2 aliphatic heterocycles. The van der Waals surface area contributed by atoms with Gasteiger partial charge in [-0.25, -0.2) is 14.4 Å². The molecule has 5 atom stereocenters. The van der Waals surface area contributed by atoms with Crippen LogP contribution < -0.4 is 0 Å². The van der Waals surface area contributed by atoms with Crippen LogP contribution in [0.1, 0.15) is 58.7 Å². The van der Waals surface area contributed by atoms with Crippen LogP contribution in [0.3, 0.4) is 0 Å². The van der Waals surface area contributed by atoms with E-state index in [-0.39, 0.29) is 47.9 Å². The summed E-state index contributed by atoms with van der Waals surface area (Å²) in [6.07, 6.45) is -4.41. The number of thioether (sulfide) groups is 1. The van der Waals surface area contributed by atoms with E-state index in [1.165, 1.54) is 24.3 Å². The summed E-state index contributed by atoms with van der Waals surface area (Å²) in [5, 5.41) is -1.09. The first kappa shape index (κ1) is 37.7. The number of fused-ring (bicyclic) bond motifs is 1. The summed E-state index contributed by atoms with van der Waals surface area (Å²) in [6.45, 7) is 1.33. The molecule has 2 heterocycles. The topological polar surface area (TPSA) is 126 Å². The first-order valence-corrected chi connectivity index (χ1v) is 18.3. The van der Waals surface area contributed by atoms with Gasteiger partial charge in [-0.1, -0.05) is 108 Å². The summed E-state index contributed by atoms with van der Waals surface area (Å²) in [7, 11) is 0. The Labute approximate surface area is 322 Å². The predicted octanol–water partition coefficient (Wildman–Crippen LogP) is 8.05. The minimum absolute atomic E-state index is 0.125. The van der Waals surface area contributed by atoms with Crippen molar-refractivity contribution in [1.82, 2.24) is 4.90 Å². The first-order valence-electron chi connectivity index (χ1n) is 15.8. The molecule has 52 heavy (non-hydrogen) atoms. The predicted molar refractivity (Wildman–Crippen MR) is 196 cm³/mol. The smallest absolute Gasteiger partial charge is 0.338 e. The summed E-state index contributed by atoms with van der Waals surface area (Å²) in [4.78, 5) is 69.9. The molecule has 0 aliphatic carbocycles. The molecule has 0 aromatic heterocycles. The highest BCUT2D eigenvalue weighted by atomic mass is 35.5. The number of imide groups is 1. The average Bonchev–Trinajstić information content (AvgIpc) is 3.43. The number of amides is 2. The Balaban J connectivity index is 1.47. The number of carbonyl (C=O) groups is 5. The van der Waals surface area contributed by atoms with Crippen LogP contribution in [0.5, 0.6) is 0 Å². The lowest BCUT2D eigenvalue weighted by atomic mass is 9.95. The quantitative estimate of drug-likeness (QED) is 0.0511. The van der Waals surface area contributed by atoms with Crippen LogP contribution in [0, 0.1) is 0 Å². The van der Waals surface area contributed by atoms with Crippen LogP contribution in [0.15, 0.2) is 91.0 Å². The van der Waals surface area contributed by atoms with Gasteiger partial charge in [0.2, 0.25) is 0 Å². The summed E-state index contributed by atoms with van der Waals surface area (Å²) in [5.41, 5.74) is -1.23. The van der Waals surface area contributed by atoms with Gasteiger partial charge >= 0.3 is 17.9 Å². The zero-order valence-corrected chi connectivity index (χ0v) is 30.8. The molecular formula is C37H27Cl4NO9S. The van der Waals surface area contributed by atoms with Gasteiger partial charge in [0.25, 0.3) is 11.8 Å². The van der Waals surface area contributed by atoms with E-state index in [4.69, 9.17) is 65.4 Å². The third-order valence-corrected chi connectivity index (χ3v) is 11.1. The van der Waals surface area contributed by atoms with E-state index in [1.807, 2.05) is 0 Å². The van der Waals surface area contributed by atoms with E-state index in [0.717, 1.165) is 16.7 Å². The van der Waals surface area contributed by atoms with Gasteiger partial charge < -0.3 is 18.9 Å². The fourth-order valence-electron chi connectivity index (χ4n) is 5.86. The second-order valence-electron chi connectivity index (χ2n) is 11.4. The molecule has 2 aliphatic rings. The van der Waals surface area contributed by atoms with Gasteiger partial charge in [0.1, 0.15) is 24.2 Å². The van der Waals surface area contributed by atoms with Gasteiger partial charge in [-0.3, -0.25) is 14.5 Å². The van der Waals surface area contributed by atoms with E-state index < -0.39 is 66.1 Å². The number of carbonyl (C=O) groups excluding carboxylic acids is 5. The molecule has 1 fully saturated rings. The van der Waals surface area contributed by atoms with Gasteiger partial charge in [-0.05, 0) is 42.2 Å². The molecule has 1 saturated heterocycles. The molecule has 0 N–H and O–H groups in total. The molecule has 268 valence electrons. The Hall–Kier alpha value is -4.10. The van der Waals surface area contributed by atoms with Crippen LogP contribution in [-0.2, 0) is 18.9 Å². The van der Waals surface area contributed by atoms with Crippen LogP contribution in [0.25, 0.3) is 0 Å². The van der Waals surface area contributed by atoms with Gasteiger partial charge in [-0.15, -0.1) is 11.8 Å². The Kier molecular flexibility index (Phi) is 11.8. The lowest BCUT2D eigenvalue weighted by molar-refractivity contribution is -0.184. The number of halogens is 4. The highest BCUT2D eigenvalue weighted by Crippen LogP contribution is 2.47. The maximum atomic E-state index is 14.3. The molecular weight excluding hydrogens is 776 g/mol. The molecule has 10 nitrogen and oxygen atoms in total. The monoisotopic (exact) mass is 801 g/mol. The number of esters is 3. The average molecular weight is 803 g/mol. The van der Waals surface area contributed by atoms with Crippen LogP contribution >= 0.6 is 58.2 Å². The summed E-state index contributed by atoms with van der Waals surface area (Å²) in [6, 6.07) is 22.6. The minimum atomic E-state index is -1.59. The van der Waals surface area contributed by atoms with Crippen molar-refractivity contribution in [3.63, 3.8) is 0 Å². The van der Waals surface area contributed by atoms with E-state index in [2.05, 4.69) is 0 Å². The lowest BCUT2D eigenvalue weighted by Crippen LogP contribution is -2.66. The zero-order valence-electron chi connectivity index (χ0n) is 27.0. The van der Waals surface area contributed by atoms with Crippen molar-refractivity contribution in [2.45, 2.75) is 36.7 Å². The standard InChI is InChI=1S/C37H27Cl4NO9S/c1-2-52-37-29(42-32(43)23-24(33(42)44)26(39)28(41)27(40)25(23)38)31(51-36(47)21-16-10-5-11-17-21)30(50-35(46)20-14-8-4-9-15-20)22(49-37)18-48-34(45)19-12-6-3-7-13-19/h3-17,22,29-31,37H,2,18H2,1H3/t22-,29-,30-,31-,37+/m1/s1. The fourth-order valence-corrected chi connectivity index (χ4v) is 7.90. The van der Waals surface area contributed by atoms with E-state index in [0.29, 0.717) is 5.75 Å². The van der Waals surface area contributed by atoms with Crippen molar-refractivity contribution in [1.29, 1.82) is 0 Å². The highest BCUT2D eigenvalue weighted by molar-refractivity contribution is 7.99. The van der Waals surface area contributed by atoms with Crippen LogP contribution in [-0.4, -0.2) is 76.8 Å². The number of hydrogen-bond acceptors (Lipinski definition) is 10. The summed E-state index contributed by atoms with van der Waals surface area (Å²) < 4.78 is 24.3. The fraction of sp³-hybridized carbons (Fsp3) is 0.216. The van der Waals surface area contributed by atoms with Crippen molar-refractivity contribution < 1.29 is 42.9 Å². The molecule has 4 aromatic carbocycles. The lowest BCUT2D eigenvalue weighted by Gasteiger charge is -2.47. The van der Waals surface area contributed by atoms with Gasteiger partial charge in [0, 0.05) is 0 Å². The van der Waals surface area contributed by atoms with Crippen molar-refractivity contribution in [3.05, 3.63) is 139 Å². The molecule has 0 saturated carbocycles. The van der Waals surface area contributed by atoms with Crippen LogP contribution in [0.4, 0.5) is 0 Å². The molecule has 4 aromatic rings. The van der Waals surface area contributed by atoms with E-state index in [9.17, 15) is 24.0 Å². The largest absolute Gasteiger partial charge is 0.459 e. The second-order valence-corrected chi connectivity index (χ2v) is 14.3. The highest BCUT2D eigenvalue weighted by Gasteiger charge is 2.58. The molecule has 0 bridgehead atoms. The van der Waals surface area contributed by atoms with E-state index in [1.54, 1.807) is 73.7 Å². The molecule has 2 amide bonds. The van der Waals surface area contributed by atoms with Gasteiger partial charge in [0.15, 0.2) is 12.2 Å². The number of nitrogens with zero attached hydrogens (tertiary/aromatic N) is 1. The third-order valence-electron chi connectivity index (χ3n) is 8.27. The molecule has 0 unspecified atom stereocenters. The molecule has 0 radical (unpaired) electrons. The number of rotatable bonds is 10. The summed E-state index contributed by atoms with van der Waals surface area (Å²) >= 11 is 26.7. The Bertz CT molecular complexity index is 1970.